The fourth-order valence-corrected chi connectivity index (χ4v) is 2.68. The van der Waals surface area contributed by atoms with E-state index in [1.165, 1.54) is 17.0 Å². The predicted octanol–water partition coefficient (Wildman–Crippen LogP) is 2.46. The summed E-state index contributed by atoms with van der Waals surface area (Å²) in [6.07, 6.45) is 1.55. The number of nitrogens with zero attached hydrogens (tertiary/aromatic N) is 1. The molecule has 0 spiro atoms. The highest BCUT2D eigenvalue weighted by Gasteiger charge is 2.37. The average Bonchev–Trinajstić information content (AvgIpc) is 2.40. The maximum atomic E-state index is 13.6. The molecule has 2 unspecified atom stereocenters. The average molecular weight is 279 g/mol. The maximum absolute atomic E-state index is 13.6. The van der Waals surface area contributed by atoms with Crippen LogP contribution in [0.3, 0.4) is 0 Å². The van der Waals surface area contributed by atoms with E-state index in [2.05, 4.69) is 0 Å². The Hall–Kier alpha value is -1.91. The van der Waals surface area contributed by atoms with Crippen LogP contribution in [0.1, 0.15) is 35.7 Å². The van der Waals surface area contributed by atoms with E-state index >= 15 is 0 Å². The van der Waals surface area contributed by atoms with Gasteiger partial charge in [-0.3, -0.25) is 4.79 Å². The number of amides is 1. The Bertz CT molecular complexity index is 544. The van der Waals surface area contributed by atoms with E-state index < -0.39 is 23.7 Å². The highest BCUT2D eigenvalue weighted by Crippen LogP contribution is 2.25. The van der Waals surface area contributed by atoms with Gasteiger partial charge in [0, 0.05) is 12.1 Å². The van der Waals surface area contributed by atoms with Crippen LogP contribution in [-0.2, 0) is 4.79 Å². The van der Waals surface area contributed by atoms with Gasteiger partial charge in [0.2, 0.25) is 0 Å². The van der Waals surface area contributed by atoms with E-state index in [1.807, 2.05) is 6.92 Å². The molecule has 1 aliphatic heterocycles. The van der Waals surface area contributed by atoms with E-state index in [0.29, 0.717) is 12.1 Å². The smallest absolute Gasteiger partial charge is 0.326 e. The van der Waals surface area contributed by atoms with Crippen molar-refractivity contribution in [1.29, 1.82) is 0 Å². The monoisotopic (exact) mass is 279 g/mol. The van der Waals surface area contributed by atoms with Crippen molar-refractivity contribution in [2.75, 3.05) is 6.54 Å². The van der Waals surface area contributed by atoms with Gasteiger partial charge in [0.15, 0.2) is 0 Å². The number of carboxylic acid groups (broad SMARTS) is 1. The second-order valence-electron chi connectivity index (χ2n) is 5.37. The lowest BCUT2D eigenvalue weighted by Gasteiger charge is -2.37. The molecule has 2 atom stereocenters. The van der Waals surface area contributed by atoms with Crippen LogP contribution < -0.4 is 0 Å². The van der Waals surface area contributed by atoms with Gasteiger partial charge in [0.25, 0.3) is 5.91 Å². The van der Waals surface area contributed by atoms with Crippen LogP contribution in [0.15, 0.2) is 18.2 Å². The van der Waals surface area contributed by atoms with Crippen molar-refractivity contribution in [2.45, 2.75) is 32.7 Å². The van der Waals surface area contributed by atoms with Gasteiger partial charge in [-0.2, -0.15) is 0 Å². The van der Waals surface area contributed by atoms with Gasteiger partial charge in [-0.25, -0.2) is 9.18 Å². The number of carboxylic acids is 1. The van der Waals surface area contributed by atoms with Crippen LogP contribution >= 0.6 is 0 Å². The standard InChI is InChI=1S/C15H18FNO3/c1-9-5-6-11(8-12(9)16)14(18)17-7-3-4-10(2)13(17)15(19)20/h5-6,8,10,13H,3-4,7H2,1-2H3,(H,19,20). The van der Waals surface area contributed by atoms with Gasteiger partial charge in [0.05, 0.1) is 0 Å². The number of aliphatic carboxylic acids is 1. The van der Waals surface area contributed by atoms with Crippen molar-refractivity contribution in [2.24, 2.45) is 5.92 Å². The second-order valence-corrected chi connectivity index (χ2v) is 5.37. The molecule has 0 aromatic heterocycles. The first-order valence-corrected chi connectivity index (χ1v) is 6.71. The van der Waals surface area contributed by atoms with E-state index in [1.54, 1.807) is 13.0 Å². The zero-order valence-electron chi connectivity index (χ0n) is 11.6. The number of rotatable bonds is 2. The SMILES string of the molecule is Cc1ccc(C(=O)N2CCCC(C)C2C(=O)O)cc1F. The lowest BCUT2D eigenvalue weighted by Crippen LogP contribution is -2.51. The summed E-state index contributed by atoms with van der Waals surface area (Å²) >= 11 is 0. The van der Waals surface area contributed by atoms with Crippen molar-refractivity contribution in [3.63, 3.8) is 0 Å². The van der Waals surface area contributed by atoms with Gasteiger partial charge in [-0.1, -0.05) is 13.0 Å². The molecule has 1 N–H and O–H groups in total. The van der Waals surface area contributed by atoms with Crippen molar-refractivity contribution in [3.8, 4) is 0 Å². The molecule has 5 heteroatoms. The molecule has 1 amide bonds. The molecule has 1 heterocycles. The van der Waals surface area contributed by atoms with Crippen LogP contribution in [0, 0.1) is 18.7 Å². The van der Waals surface area contributed by atoms with Gasteiger partial charge in [-0.15, -0.1) is 0 Å². The molecule has 0 aliphatic carbocycles. The van der Waals surface area contributed by atoms with Crippen LogP contribution in [0.4, 0.5) is 4.39 Å². The normalized spacial score (nSPS) is 22.6. The second kappa shape index (κ2) is 5.61. The molecule has 1 aliphatic rings. The fraction of sp³-hybridized carbons (Fsp3) is 0.467. The molecule has 0 bridgehead atoms. The molecule has 1 aromatic rings. The minimum atomic E-state index is -1.00. The molecule has 0 saturated carbocycles. The first kappa shape index (κ1) is 14.5. The van der Waals surface area contributed by atoms with Crippen LogP contribution in [0.2, 0.25) is 0 Å². The number of aryl methyl sites for hydroxylation is 1. The molecular formula is C15H18FNO3. The number of carbonyl (C=O) groups excluding carboxylic acids is 1. The molecule has 1 aromatic carbocycles. The molecule has 20 heavy (non-hydrogen) atoms. The number of likely N-dealkylation sites (tertiary alicyclic amines) is 1. The zero-order chi connectivity index (χ0) is 14.9. The van der Waals surface area contributed by atoms with Crippen LogP contribution in [0.25, 0.3) is 0 Å². The van der Waals surface area contributed by atoms with E-state index in [0.717, 1.165) is 12.8 Å². The number of benzene rings is 1. The minimum absolute atomic E-state index is 0.0968. The molecule has 4 nitrogen and oxygen atoms in total. The van der Waals surface area contributed by atoms with Gasteiger partial charge >= 0.3 is 5.97 Å². The minimum Gasteiger partial charge on any atom is -0.480 e. The number of hydrogen-bond acceptors (Lipinski definition) is 2. The summed E-state index contributed by atoms with van der Waals surface area (Å²) in [6.45, 7) is 3.84. The summed E-state index contributed by atoms with van der Waals surface area (Å²) in [4.78, 5) is 25.1. The maximum Gasteiger partial charge on any atom is 0.326 e. The number of carbonyl (C=O) groups is 2. The summed E-state index contributed by atoms with van der Waals surface area (Å²) in [7, 11) is 0. The molecule has 2 rings (SSSR count). The van der Waals surface area contributed by atoms with Crippen molar-refractivity contribution < 1.29 is 19.1 Å². The van der Waals surface area contributed by atoms with E-state index in [-0.39, 0.29) is 11.5 Å². The third kappa shape index (κ3) is 2.66. The van der Waals surface area contributed by atoms with E-state index in [9.17, 15) is 19.1 Å². The Labute approximate surface area is 117 Å². The Morgan fingerprint density at radius 3 is 2.70 bits per heavy atom. The van der Waals surface area contributed by atoms with Gasteiger partial charge in [0.1, 0.15) is 11.9 Å². The summed E-state index contributed by atoms with van der Waals surface area (Å²) in [5, 5.41) is 9.31. The predicted molar refractivity (Wildman–Crippen MR) is 72.0 cm³/mol. The van der Waals surface area contributed by atoms with Crippen LogP contribution in [0.5, 0.6) is 0 Å². The van der Waals surface area contributed by atoms with Crippen molar-refractivity contribution in [3.05, 3.63) is 35.1 Å². The first-order chi connectivity index (χ1) is 9.41. The third-order valence-corrected chi connectivity index (χ3v) is 3.87. The molecule has 1 saturated heterocycles. The van der Waals surface area contributed by atoms with E-state index in [4.69, 9.17) is 0 Å². The number of piperidine rings is 1. The summed E-state index contributed by atoms with van der Waals surface area (Å²) in [5.41, 5.74) is 0.664. The van der Waals surface area contributed by atoms with Gasteiger partial charge < -0.3 is 10.0 Å². The van der Waals surface area contributed by atoms with Crippen molar-refractivity contribution >= 4 is 11.9 Å². The molecular weight excluding hydrogens is 261 g/mol. The largest absolute Gasteiger partial charge is 0.480 e. The highest BCUT2D eigenvalue weighted by atomic mass is 19.1. The summed E-state index contributed by atoms with van der Waals surface area (Å²) in [5.74, 6) is -1.96. The molecule has 1 fully saturated rings. The Kier molecular flexibility index (Phi) is 4.06. The summed E-state index contributed by atoms with van der Waals surface area (Å²) in [6, 6.07) is 3.42. The third-order valence-electron chi connectivity index (χ3n) is 3.87. The summed E-state index contributed by atoms with van der Waals surface area (Å²) < 4.78 is 13.6. The molecule has 0 radical (unpaired) electrons. The fourth-order valence-electron chi connectivity index (χ4n) is 2.68. The lowest BCUT2D eigenvalue weighted by atomic mass is 9.90. The topological polar surface area (TPSA) is 57.6 Å². The Morgan fingerprint density at radius 2 is 2.10 bits per heavy atom. The zero-order valence-corrected chi connectivity index (χ0v) is 11.6. The number of halogens is 1. The Morgan fingerprint density at radius 1 is 1.40 bits per heavy atom. The van der Waals surface area contributed by atoms with Crippen molar-refractivity contribution in [1.82, 2.24) is 4.90 Å². The quantitative estimate of drug-likeness (QED) is 0.904. The van der Waals surface area contributed by atoms with Gasteiger partial charge in [-0.05, 0) is 43.4 Å². The first-order valence-electron chi connectivity index (χ1n) is 6.71. The Balaban J connectivity index is 2.30. The molecule has 108 valence electrons. The van der Waals surface area contributed by atoms with Crippen LogP contribution in [-0.4, -0.2) is 34.5 Å². The highest BCUT2D eigenvalue weighted by molar-refractivity contribution is 5.96. The lowest BCUT2D eigenvalue weighted by molar-refractivity contribution is -0.145. The number of hydrogen-bond donors (Lipinski definition) is 1.